The maximum atomic E-state index is 13.6. The Balaban J connectivity index is 2.12. The Kier molecular flexibility index (Phi) is 7.68. The number of halogens is 1. The van der Waals surface area contributed by atoms with E-state index in [1.165, 1.54) is 17.7 Å². The number of hydrogen-bond donors (Lipinski definition) is 1. The molecule has 0 atom stereocenters. The molecule has 0 aliphatic rings. The minimum absolute atomic E-state index is 0.0814. The summed E-state index contributed by atoms with van der Waals surface area (Å²) >= 11 is 1.84. The Morgan fingerprint density at radius 3 is 2.00 bits per heavy atom. The maximum Gasteiger partial charge on any atom is 0.123 e. The molecule has 0 fully saturated rings. The summed E-state index contributed by atoms with van der Waals surface area (Å²) in [5.74, 6) is 1.87. The molecule has 0 saturated heterocycles. The minimum atomic E-state index is -0.258. The molecule has 30 heavy (non-hydrogen) atoms. The molecule has 2 nitrogen and oxygen atoms in total. The summed E-state index contributed by atoms with van der Waals surface area (Å²) in [6.45, 7) is 8.44. The fraction of sp³-hybridized carbons (Fsp3) is 0.346. The topological polar surface area (TPSA) is 33.1 Å². The van der Waals surface area contributed by atoms with E-state index in [9.17, 15) is 9.50 Å². The van der Waals surface area contributed by atoms with Crippen LogP contribution in [0.3, 0.4) is 0 Å². The van der Waals surface area contributed by atoms with Crippen LogP contribution in [0, 0.1) is 5.82 Å². The number of aromatic nitrogens is 1. The van der Waals surface area contributed by atoms with Gasteiger partial charge in [0.2, 0.25) is 0 Å². The van der Waals surface area contributed by atoms with Crippen molar-refractivity contribution in [2.75, 3.05) is 0 Å². The van der Waals surface area contributed by atoms with Crippen LogP contribution in [-0.4, -0.2) is 10.1 Å². The van der Waals surface area contributed by atoms with E-state index in [1.54, 1.807) is 0 Å². The highest BCUT2D eigenvalue weighted by Crippen LogP contribution is 2.38. The molecule has 0 unspecified atom stereocenters. The first-order chi connectivity index (χ1) is 14.4. The van der Waals surface area contributed by atoms with E-state index in [4.69, 9.17) is 4.98 Å². The van der Waals surface area contributed by atoms with Crippen LogP contribution in [-0.2, 0) is 18.1 Å². The van der Waals surface area contributed by atoms with Gasteiger partial charge in [0.25, 0.3) is 0 Å². The van der Waals surface area contributed by atoms with Gasteiger partial charge in [-0.15, -0.1) is 0 Å². The number of pyridine rings is 1. The van der Waals surface area contributed by atoms with E-state index in [2.05, 4.69) is 52.0 Å². The van der Waals surface area contributed by atoms with Gasteiger partial charge in [-0.3, -0.25) is 4.98 Å². The van der Waals surface area contributed by atoms with Crippen LogP contribution in [0.15, 0.2) is 54.6 Å². The highest BCUT2D eigenvalue weighted by Gasteiger charge is 2.23. The monoisotopic (exact) mass is 423 g/mol. The zero-order chi connectivity index (χ0) is 21.7. The zero-order valence-corrected chi connectivity index (χ0v) is 19.0. The standard InChI is InChI=1S/C26H30FNOS/c1-17(2)25-22(14-29)24(20-10-12-21(27)13-11-20)23(26(28-25)18(3)4)16-30-15-19-8-6-5-7-9-19/h5-13,17-18,29H,14-16H2,1-4H3. The predicted octanol–water partition coefficient (Wildman–Crippen LogP) is 7.06. The number of aliphatic hydroxyl groups is 1. The number of hydrogen-bond acceptors (Lipinski definition) is 3. The van der Waals surface area contributed by atoms with Crippen molar-refractivity contribution in [2.45, 2.75) is 57.6 Å². The fourth-order valence-electron chi connectivity index (χ4n) is 3.77. The zero-order valence-electron chi connectivity index (χ0n) is 18.2. The fourth-order valence-corrected chi connectivity index (χ4v) is 4.80. The molecule has 0 radical (unpaired) electrons. The largest absolute Gasteiger partial charge is 0.392 e. The number of thioether (sulfide) groups is 1. The van der Waals surface area contributed by atoms with E-state index in [0.29, 0.717) is 0 Å². The number of rotatable bonds is 8. The van der Waals surface area contributed by atoms with E-state index >= 15 is 0 Å². The average molecular weight is 424 g/mol. The van der Waals surface area contributed by atoms with Crippen LogP contribution in [0.2, 0.25) is 0 Å². The van der Waals surface area contributed by atoms with Crippen molar-refractivity contribution in [3.05, 3.63) is 88.5 Å². The van der Waals surface area contributed by atoms with E-state index in [-0.39, 0.29) is 24.3 Å². The molecule has 2 aromatic carbocycles. The van der Waals surface area contributed by atoms with Gasteiger partial charge in [0.05, 0.1) is 6.61 Å². The van der Waals surface area contributed by atoms with Crippen LogP contribution in [0.5, 0.6) is 0 Å². The van der Waals surface area contributed by atoms with Crippen LogP contribution in [0.25, 0.3) is 11.1 Å². The summed E-state index contributed by atoms with van der Waals surface area (Å²) in [7, 11) is 0. The molecule has 1 N–H and O–H groups in total. The second kappa shape index (κ2) is 10.2. The van der Waals surface area contributed by atoms with Crippen LogP contribution >= 0.6 is 11.8 Å². The molecule has 0 aliphatic heterocycles. The highest BCUT2D eigenvalue weighted by molar-refractivity contribution is 7.97. The van der Waals surface area contributed by atoms with Gasteiger partial charge in [0.15, 0.2) is 0 Å². The number of benzene rings is 2. The Morgan fingerprint density at radius 1 is 0.833 bits per heavy atom. The molecule has 1 aromatic heterocycles. The first-order valence-corrected chi connectivity index (χ1v) is 11.6. The summed E-state index contributed by atoms with van der Waals surface area (Å²) in [6, 6.07) is 17.0. The second-order valence-electron chi connectivity index (χ2n) is 8.17. The molecule has 158 valence electrons. The molecule has 3 aromatic rings. The third-order valence-electron chi connectivity index (χ3n) is 5.21. The summed E-state index contributed by atoms with van der Waals surface area (Å²) in [4.78, 5) is 5.02. The third-order valence-corrected chi connectivity index (χ3v) is 6.24. The van der Waals surface area contributed by atoms with Gasteiger partial charge in [0, 0.05) is 28.5 Å². The highest BCUT2D eigenvalue weighted by atomic mass is 32.2. The summed E-state index contributed by atoms with van der Waals surface area (Å²) in [5.41, 5.74) is 7.23. The maximum absolute atomic E-state index is 13.6. The van der Waals surface area contributed by atoms with Gasteiger partial charge in [0.1, 0.15) is 5.82 Å². The van der Waals surface area contributed by atoms with Crippen molar-refractivity contribution in [1.82, 2.24) is 4.98 Å². The SMILES string of the molecule is CC(C)c1nc(C(C)C)c(CSCc2ccccc2)c(-c2ccc(F)cc2)c1CO. The van der Waals surface area contributed by atoms with Gasteiger partial charge >= 0.3 is 0 Å². The quantitative estimate of drug-likeness (QED) is 0.421. The van der Waals surface area contributed by atoms with E-state index < -0.39 is 0 Å². The molecule has 1 heterocycles. The van der Waals surface area contributed by atoms with Crippen molar-refractivity contribution in [2.24, 2.45) is 0 Å². The van der Waals surface area contributed by atoms with Crippen LogP contribution < -0.4 is 0 Å². The minimum Gasteiger partial charge on any atom is -0.392 e. The Labute approximate surface area is 183 Å². The van der Waals surface area contributed by atoms with Gasteiger partial charge < -0.3 is 5.11 Å². The summed E-state index contributed by atoms with van der Waals surface area (Å²) in [5, 5.41) is 10.3. The molecule has 3 rings (SSSR count). The summed E-state index contributed by atoms with van der Waals surface area (Å²) in [6.07, 6.45) is 0. The van der Waals surface area contributed by atoms with Gasteiger partial charge in [-0.2, -0.15) is 11.8 Å². The average Bonchev–Trinajstić information content (AvgIpc) is 2.74. The van der Waals surface area contributed by atoms with Crippen molar-refractivity contribution in [1.29, 1.82) is 0 Å². The predicted molar refractivity (Wildman–Crippen MR) is 125 cm³/mol. The Morgan fingerprint density at radius 2 is 1.43 bits per heavy atom. The van der Waals surface area contributed by atoms with Gasteiger partial charge in [-0.25, -0.2) is 4.39 Å². The second-order valence-corrected chi connectivity index (χ2v) is 9.15. The lowest BCUT2D eigenvalue weighted by atomic mass is 9.88. The molecule has 0 amide bonds. The van der Waals surface area contributed by atoms with Crippen LogP contribution in [0.4, 0.5) is 4.39 Å². The Hall–Kier alpha value is -2.17. The number of aliphatic hydroxyl groups excluding tert-OH is 1. The van der Waals surface area contributed by atoms with Crippen molar-refractivity contribution in [3.8, 4) is 11.1 Å². The molecule has 4 heteroatoms. The molecular formula is C26H30FNOS. The van der Waals surface area contributed by atoms with Gasteiger partial charge in [-0.05, 0) is 46.2 Å². The summed E-state index contributed by atoms with van der Waals surface area (Å²) < 4.78 is 13.6. The van der Waals surface area contributed by atoms with Crippen molar-refractivity contribution in [3.63, 3.8) is 0 Å². The van der Waals surface area contributed by atoms with Crippen LogP contribution in [0.1, 0.15) is 67.6 Å². The van der Waals surface area contributed by atoms with E-state index in [1.807, 2.05) is 30.0 Å². The lowest BCUT2D eigenvalue weighted by molar-refractivity contribution is 0.279. The Bertz CT molecular complexity index is 969. The van der Waals surface area contributed by atoms with Crippen molar-refractivity contribution < 1.29 is 9.50 Å². The smallest absolute Gasteiger partial charge is 0.123 e. The molecule has 0 saturated carbocycles. The lowest BCUT2D eigenvalue weighted by Gasteiger charge is -2.24. The normalized spacial score (nSPS) is 11.5. The first kappa shape index (κ1) is 22.5. The third kappa shape index (κ3) is 5.11. The molecular weight excluding hydrogens is 393 g/mol. The van der Waals surface area contributed by atoms with Gasteiger partial charge in [-0.1, -0.05) is 70.2 Å². The van der Waals surface area contributed by atoms with E-state index in [0.717, 1.165) is 45.1 Å². The van der Waals surface area contributed by atoms with Crippen molar-refractivity contribution >= 4 is 11.8 Å². The molecule has 0 aliphatic carbocycles. The number of nitrogens with zero attached hydrogens (tertiary/aromatic N) is 1. The first-order valence-electron chi connectivity index (χ1n) is 10.5. The molecule has 0 spiro atoms. The molecule has 0 bridgehead atoms. The lowest BCUT2D eigenvalue weighted by Crippen LogP contribution is -2.12.